The molecule has 4 heteroatoms. The molecule has 1 N–H and O–H groups in total. The average Bonchev–Trinajstić information content (AvgIpc) is 2.32. The SMILES string of the molecule is O=C(O)/C=C/CN1CCCOCC1. The zero-order valence-corrected chi connectivity index (χ0v) is 7.61. The Morgan fingerprint density at radius 2 is 2.31 bits per heavy atom. The van der Waals surface area contributed by atoms with Gasteiger partial charge in [0.25, 0.3) is 0 Å². The van der Waals surface area contributed by atoms with Crippen LogP contribution in [0.5, 0.6) is 0 Å². The maximum Gasteiger partial charge on any atom is 0.328 e. The highest BCUT2D eigenvalue weighted by atomic mass is 16.5. The number of nitrogens with zero attached hydrogens (tertiary/aromatic N) is 1. The van der Waals surface area contributed by atoms with Gasteiger partial charge in [-0.05, 0) is 6.42 Å². The Balaban J connectivity index is 2.22. The molecule has 0 atom stereocenters. The van der Waals surface area contributed by atoms with Gasteiger partial charge in [-0.2, -0.15) is 0 Å². The molecule has 0 unspecified atom stereocenters. The molecule has 13 heavy (non-hydrogen) atoms. The number of hydrogen-bond donors (Lipinski definition) is 1. The van der Waals surface area contributed by atoms with E-state index in [-0.39, 0.29) is 0 Å². The average molecular weight is 185 g/mol. The van der Waals surface area contributed by atoms with Crippen molar-refractivity contribution in [3.63, 3.8) is 0 Å². The van der Waals surface area contributed by atoms with Crippen LogP contribution in [0.4, 0.5) is 0 Å². The van der Waals surface area contributed by atoms with E-state index < -0.39 is 5.97 Å². The van der Waals surface area contributed by atoms with Gasteiger partial charge in [-0.25, -0.2) is 4.79 Å². The van der Waals surface area contributed by atoms with E-state index in [1.165, 1.54) is 6.08 Å². The van der Waals surface area contributed by atoms with Crippen molar-refractivity contribution in [2.75, 3.05) is 32.8 Å². The molecule has 0 aromatic rings. The van der Waals surface area contributed by atoms with E-state index in [0.29, 0.717) is 6.54 Å². The molecule has 0 radical (unpaired) electrons. The van der Waals surface area contributed by atoms with E-state index in [0.717, 1.165) is 32.7 Å². The number of rotatable bonds is 3. The van der Waals surface area contributed by atoms with Gasteiger partial charge in [0.05, 0.1) is 6.61 Å². The minimum atomic E-state index is -0.883. The normalized spacial score (nSPS) is 20.3. The Hall–Kier alpha value is -0.870. The molecule has 1 aliphatic heterocycles. The Morgan fingerprint density at radius 3 is 3.08 bits per heavy atom. The molecular weight excluding hydrogens is 170 g/mol. The van der Waals surface area contributed by atoms with Gasteiger partial charge in [0.15, 0.2) is 0 Å². The summed E-state index contributed by atoms with van der Waals surface area (Å²) in [5, 5.41) is 8.37. The van der Waals surface area contributed by atoms with Gasteiger partial charge in [0.1, 0.15) is 0 Å². The lowest BCUT2D eigenvalue weighted by atomic mass is 10.4. The molecule has 0 amide bonds. The summed E-state index contributed by atoms with van der Waals surface area (Å²) in [4.78, 5) is 12.4. The molecule has 0 bridgehead atoms. The van der Waals surface area contributed by atoms with E-state index in [9.17, 15) is 4.79 Å². The topological polar surface area (TPSA) is 49.8 Å². The molecule has 1 heterocycles. The lowest BCUT2D eigenvalue weighted by Gasteiger charge is -2.15. The van der Waals surface area contributed by atoms with Crippen LogP contribution >= 0.6 is 0 Å². The maximum absolute atomic E-state index is 10.2. The Labute approximate surface area is 77.8 Å². The smallest absolute Gasteiger partial charge is 0.328 e. The minimum absolute atomic E-state index is 0.704. The molecule has 4 nitrogen and oxygen atoms in total. The Bertz CT molecular complexity index is 183. The Morgan fingerprint density at radius 1 is 1.46 bits per heavy atom. The third kappa shape index (κ3) is 4.65. The highest BCUT2D eigenvalue weighted by Crippen LogP contribution is 1.98. The van der Waals surface area contributed by atoms with Crippen LogP contribution in [0.2, 0.25) is 0 Å². The summed E-state index contributed by atoms with van der Waals surface area (Å²) in [5.74, 6) is -0.883. The first kappa shape index (κ1) is 10.2. The fourth-order valence-electron chi connectivity index (χ4n) is 1.28. The molecule has 0 aromatic carbocycles. The molecule has 0 aromatic heterocycles. The van der Waals surface area contributed by atoms with Gasteiger partial charge in [0.2, 0.25) is 0 Å². The number of carboxylic acid groups (broad SMARTS) is 1. The quantitative estimate of drug-likeness (QED) is 0.644. The van der Waals surface area contributed by atoms with Crippen LogP contribution in [0.15, 0.2) is 12.2 Å². The first-order chi connectivity index (χ1) is 6.29. The van der Waals surface area contributed by atoms with E-state index in [1.807, 2.05) is 0 Å². The molecule has 1 aliphatic rings. The predicted octanol–water partition coefficient (Wildman–Crippen LogP) is 0.350. The lowest BCUT2D eigenvalue weighted by Crippen LogP contribution is -2.26. The summed E-state index contributed by atoms with van der Waals surface area (Å²) < 4.78 is 5.27. The summed E-state index contributed by atoms with van der Waals surface area (Å²) in [6.45, 7) is 4.16. The highest BCUT2D eigenvalue weighted by Gasteiger charge is 2.06. The van der Waals surface area contributed by atoms with E-state index in [1.54, 1.807) is 6.08 Å². The van der Waals surface area contributed by atoms with Crippen molar-refractivity contribution >= 4 is 5.97 Å². The van der Waals surface area contributed by atoms with Gasteiger partial charge in [0, 0.05) is 32.3 Å². The van der Waals surface area contributed by atoms with Crippen LogP contribution in [-0.2, 0) is 9.53 Å². The number of ether oxygens (including phenoxy) is 1. The van der Waals surface area contributed by atoms with Crippen molar-refractivity contribution in [2.45, 2.75) is 6.42 Å². The van der Waals surface area contributed by atoms with Crippen molar-refractivity contribution < 1.29 is 14.6 Å². The fraction of sp³-hybridized carbons (Fsp3) is 0.667. The van der Waals surface area contributed by atoms with Gasteiger partial charge in [-0.3, -0.25) is 4.90 Å². The zero-order chi connectivity index (χ0) is 9.52. The molecule has 1 fully saturated rings. The molecule has 0 saturated carbocycles. The van der Waals surface area contributed by atoms with Gasteiger partial charge >= 0.3 is 5.97 Å². The second kappa shape index (κ2) is 5.72. The highest BCUT2D eigenvalue weighted by molar-refractivity contribution is 5.79. The Kier molecular flexibility index (Phi) is 4.49. The largest absolute Gasteiger partial charge is 0.478 e. The number of carbonyl (C=O) groups is 1. The van der Waals surface area contributed by atoms with Crippen LogP contribution in [0.3, 0.4) is 0 Å². The summed E-state index contributed by atoms with van der Waals surface area (Å²) in [5.41, 5.74) is 0. The second-order valence-electron chi connectivity index (χ2n) is 3.01. The van der Waals surface area contributed by atoms with E-state index >= 15 is 0 Å². The van der Waals surface area contributed by atoms with Crippen LogP contribution in [0.1, 0.15) is 6.42 Å². The minimum Gasteiger partial charge on any atom is -0.478 e. The van der Waals surface area contributed by atoms with Crippen molar-refractivity contribution in [2.24, 2.45) is 0 Å². The van der Waals surface area contributed by atoms with Crippen LogP contribution < -0.4 is 0 Å². The molecular formula is C9H15NO3. The van der Waals surface area contributed by atoms with Gasteiger partial charge < -0.3 is 9.84 Å². The second-order valence-corrected chi connectivity index (χ2v) is 3.01. The van der Waals surface area contributed by atoms with Crippen molar-refractivity contribution in [3.8, 4) is 0 Å². The molecule has 1 saturated heterocycles. The first-order valence-electron chi connectivity index (χ1n) is 4.48. The zero-order valence-electron chi connectivity index (χ0n) is 7.61. The van der Waals surface area contributed by atoms with E-state index in [4.69, 9.17) is 9.84 Å². The molecule has 0 aliphatic carbocycles. The molecule has 74 valence electrons. The van der Waals surface area contributed by atoms with Crippen LogP contribution in [0.25, 0.3) is 0 Å². The monoisotopic (exact) mass is 185 g/mol. The summed E-state index contributed by atoms with van der Waals surface area (Å²) in [6, 6.07) is 0. The summed E-state index contributed by atoms with van der Waals surface area (Å²) >= 11 is 0. The standard InChI is InChI=1S/C9H15NO3/c11-9(12)3-1-4-10-5-2-7-13-8-6-10/h1,3H,2,4-8H2,(H,11,12)/b3-1+. The molecule has 1 rings (SSSR count). The third-order valence-corrected chi connectivity index (χ3v) is 1.94. The number of carboxylic acids is 1. The van der Waals surface area contributed by atoms with E-state index in [2.05, 4.69) is 4.90 Å². The number of hydrogen-bond acceptors (Lipinski definition) is 3. The lowest BCUT2D eigenvalue weighted by molar-refractivity contribution is -0.131. The van der Waals surface area contributed by atoms with Crippen LogP contribution in [-0.4, -0.2) is 48.8 Å². The fourth-order valence-corrected chi connectivity index (χ4v) is 1.28. The maximum atomic E-state index is 10.2. The van der Waals surface area contributed by atoms with Gasteiger partial charge in [-0.1, -0.05) is 6.08 Å². The van der Waals surface area contributed by atoms with Crippen molar-refractivity contribution in [3.05, 3.63) is 12.2 Å². The van der Waals surface area contributed by atoms with Gasteiger partial charge in [-0.15, -0.1) is 0 Å². The summed E-state index contributed by atoms with van der Waals surface area (Å²) in [6.07, 6.45) is 3.89. The molecule has 0 spiro atoms. The summed E-state index contributed by atoms with van der Waals surface area (Å²) in [7, 11) is 0. The van der Waals surface area contributed by atoms with Crippen molar-refractivity contribution in [1.29, 1.82) is 0 Å². The predicted molar refractivity (Wildman–Crippen MR) is 48.7 cm³/mol. The first-order valence-corrected chi connectivity index (χ1v) is 4.48. The third-order valence-electron chi connectivity index (χ3n) is 1.94. The van der Waals surface area contributed by atoms with Crippen molar-refractivity contribution in [1.82, 2.24) is 4.90 Å². The van der Waals surface area contributed by atoms with Crippen LogP contribution in [0, 0.1) is 0 Å². The number of aliphatic carboxylic acids is 1.